The second kappa shape index (κ2) is 6.92. The summed E-state index contributed by atoms with van der Waals surface area (Å²) in [6.07, 6.45) is 1.79. The van der Waals surface area contributed by atoms with E-state index in [1.807, 2.05) is 23.1 Å². The standard InChI is InChI=1S/C18H18N6O2S/c1-11-20-21-22-24(11)13-5-2-4-12(10-13)18(26)23-9-3-6-14(23)15-7-8-16(27-15)17(19)25/h2,4-5,7-8,10,14H,3,6,9H2,1H3,(H2,19,25)/t14-/m0/s1. The predicted octanol–water partition coefficient (Wildman–Crippen LogP) is 2.11. The Morgan fingerprint density at radius 1 is 1.26 bits per heavy atom. The van der Waals surface area contributed by atoms with Gasteiger partial charge in [0.15, 0.2) is 5.82 Å². The number of benzene rings is 1. The van der Waals surface area contributed by atoms with Gasteiger partial charge in [0.05, 0.1) is 16.6 Å². The Bertz CT molecular complexity index is 1010. The number of nitrogens with zero attached hydrogens (tertiary/aromatic N) is 5. The van der Waals surface area contributed by atoms with Crippen molar-refractivity contribution in [2.75, 3.05) is 6.54 Å². The number of hydrogen-bond donors (Lipinski definition) is 1. The SMILES string of the molecule is Cc1nnnn1-c1cccc(C(=O)N2CCC[C@H]2c2ccc(C(N)=O)s2)c1. The fourth-order valence-electron chi connectivity index (χ4n) is 3.38. The lowest BCUT2D eigenvalue weighted by Crippen LogP contribution is -2.30. The molecule has 3 heterocycles. The van der Waals surface area contributed by atoms with Crippen LogP contribution in [0.25, 0.3) is 5.69 Å². The molecule has 1 fully saturated rings. The van der Waals surface area contributed by atoms with Crippen LogP contribution in [0.1, 0.15) is 49.6 Å². The molecule has 2 amide bonds. The van der Waals surface area contributed by atoms with Gasteiger partial charge < -0.3 is 10.6 Å². The molecular weight excluding hydrogens is 364 g/mol. The Labute approximate surface area is 159 Å². The number of nitrogens with two attached hydrogens (primary N) is 1. The van der Waals surface area contributed by atoms with Gasteiger partial charge in [-0.1, -0.05) is 6.07 Å². The van der Waals surface area contributed by atoms with Gasteiger partial charge in [-0.25, -0.2) is 0 Å². The summed E-state index contributed by atoms with van der Waals surface area (Å²) in [5.41, 5.74) is 6.69. The lowest BCUT2D eigenvalue weighted by molar-refractivity contribution is 0.0737. The van der Waals surface area contributed by atoms with Crippen molar-refractivity contribution in [3.63, 3.8) is 0 Å². The average Bonchev–Trinajstić information content (AvgIpc) is 3.40. The third kappa shape index (κ3) is 3.21. The highest BCUT2D eigenvalue weighted by Gasteiger charge is 2.32. The summed E-state index contributed by atoms with van der Waals surface area (Å²) in [5, 5.41) is 11.5. The summed E-state index contributed by atoms with van der Waals surface area (Å²) in [6, 6.07) is 10.9. The zero-order valence-electron chi connectivity index (χ0n) is 14.7. The van der Waals surface area contributed by atoms with Gasteiger partial charge >= 0.3 is 0 Å². The minimum Gasteiger partial charge on any atom is -0.365 e. The van der Waals surface area contributed by atoms with E-state index in [-0.39, 0.29) is 11.9 Å². The fourth-order valence-corrected chi connectivity index (χ4v) is 4.38. The van der Waals surface area contributed by atoms with E-state index in [1.54, 1.807) is 29.8 Å². The Morgan fingerprint density at radius 2 is 2.11 bits per heavy atom. The highest BCUT2D eigenvalue weighted by Crippen LogP contribution is 2.36. The van der Waals surface area contributed by atoms with Crippen molar-refractivity contribution in [1.29, 1.82) is 0 Å². The van der Waals surface area contributed by atoms with Crippen LogP contribution in [0.2, 0.25) is 0 Å². The lowest BCUT2D eigenvalue weighted by Gasteiger charge is -2.24. The third-order valence-electron chi connectivity index (χ3n) is 4.67. The van der Waals surface area contributed by atoms with Crippen molar-refractivity contribution < 1.29 is 9.59 Å². The van der Waals surface area contributed by atoms with Gasteiger partial charge in [0.25, 0.3) is 11.8 Å². The average molecular weight is 382 g/mol. The molecule has 2 aromatic heterocycles. The molecule has 2 N–H and O–H groups in total. The van der Waals surface area contributed by atoms with Crippen molar-refractivity contribution >= 4 is 23.2 Å². The summed E-state index contributed by atoms with van der Waals surface area (Å²) in [7, 11) is 0. The number of thiophene rings is 1. The third-order valence-corrected chi connectivity index (χ3v) is 5.88. The summed E-state index contributed by atoms with van der Waals surface area (Å²) in [4.78, 5) is 27.9. The van der Waals surface area contributed by atoms with Gasteiger partial charge in [-0.05, 0) is 60.5 Å². The van der Waals surface area contributed by atoms with Crippen LogP contribution >= 0.6 is 11.3 Å². The van der Waals surface area contributed by atoms with E-state index in [2.05, 4.69) is 15.5 Å². The van der Waals surface area contributed by atoms with Crippen LogP contribution in [0.5, 0.6) is 0 Å². The maximum Gasteiger partial charge on any atom is 0.258 e. The van der Waals surface area contributed by atoms with Crippen LogP contribution in [-0.2, 0) is 0 Å². The molecule has 27 heavy (non-hydrogen) atoms. The Morgan fingerprint density at radius 3 is 2.81 bits per heavy atom. The van der Waals surface area contributed by atoms with E-state index in [4.69, 9.17) is 5.73 Å². The first-order chi connectivity index (χ1) is 13.0. The topological polar surface area (TPSA) is 107 Å². The minimum atomic E-state index is -0.438. The number of primary amides is 1. The maximum absolute atomic E-state index is 13.2. The second-order valence-corrected chi connectivity index (χ2v) is 7.53. The van der Waals surface area contributed by atoms with Crippen molar-refractivity contribution in [1.82, 2.24) is 25.1 Å². The summed E-state index contributed by atoms with van der Waals surface area (Å²) >= 11 is 1.36. The molecule has 1 aliphatic heterocycles. The van der Waals surface area contributed by atoms with Crippen LogP contribution in [0.15, 0.2) is 36.4 Å². The molecule has 9 heteroatoms. The van der Waals surface area contributed by atoms with Gasteiger partial charge in [-0.15, -0.1) is 16.4 Å². The molecule has 0 saturated carbocycles. The molecule has 1 aliphatic rings. The number of tetrazole rings is 1. The van der Waals surface area contributed by atoms with Crippen molar-refractivity contribution in [3.05, 3.63) is 57.5 Å². The first-order valence-electron chi connectivity index (χ1n) is 8.60. The predicted molar refractivity (Wildman–Crippen MR) is 99.7 cm³/mol. The Hall–Kier alpha value is -3.07. The largest absolute Gasteiger partial charge is 0.365 e. The molecule has 0 unspecified atom stereocenters. The number of aryl methyl sites for hydroxylation is 1. The number of rotatable bonds is 4. The summed E-state index contributed by atoms with van der Waals surface area (Å²) < 4.78 is 1.59. The molecule has 0 spiro atoms. The first kappa shape index (κ1) is 17.3. The smallest absolute Gasteiger partial charge is 0.258 e. The van der Waals surface area contributed by atoms with Crippen LogP contribution < -0.4 is 5.73 Å². The van der Waals surface area contributed by atoms with Gasteiger partial charge in [0.1, 0.15) is 0 Å². The zero-order chi connectivity index (χ0) is 19.0. The van der Waals surface area contributed by atoms with Gasteiger partial charge in [-0.2, -0.15) is 4.68 Å². The van der Waals surface area contributed by atoms with Crippen molar-refractivity contribution in [2.45, 2.75) is 25.8 Å². The molecule has 3 aromatic rings. The molecule has 1 aromatic carbocycles. The monoisotopic (exact) mass is 382 g/mol. The van der Waals surface area contributed by atoms with Crippen LogP contribution in [-0.4, -0.2) is 43.5 Å². The Kier molecular flexibility index (Phi) is 4.44. The van der Waals surface area contributed by atoms with Crippen LogP contribution in [0.4, 0.5) is 0 Å². The van der Waals surface area contributed by atoms with E-state index in [1.165, 1.54) is 11.3 Å². The normalized spacial score (nSPS) is 16.6. The number of amides is 2. The van der Waals surface area contributed by atoms with Crippen LogP contribution in [0.3, 0.4) is 0 Å². The number of likely N-dealkylation sites (tertiary alicyclic amines) is 1. The second-order valence-electron chi connectivity index (χ2n) is 6.41. The van der Waals surface area contributed by atoms with E-state index >= 15 is 0 Å². The molecule has 0 radical (unpaired) electrons. The number of hydrogen-bond acceptors (Lipinski definition) is 6. The Balaban J connectivity index is 1.62. The molecule has 4 rings (SSSR count). The van der Waals surface area contributed by atoms with Crippen LogP contribution in [0, 0.1) is 6.92 Å². The van der Waals surface area contributed by atoms with E-state index < -0.39 is 5.91 Å². The van der Waals surface area contributed by atoms with Gasteiger partial charge in [0.2, 0.25) is 0 Å². The van der Waals surface area contributed by atoms with Crippen molar-refractivity contribution in [3.8, 4) is 5.69 Å². The van der Waals surface area contributed by atoms with E-state index in [0.717, 1.165) is 23.4 Å². The minimum absolute atomic E-state index is 0.0333. The first-order valence-corrected chi connectivity index (χ1v) is 9.42. The number of aromatic nitrogens is 4. The summed E-state index contributed by atoms with van der Waals surface area (Å²) in [6.45, 7) is 2.49. The summed E-state index contributed by atoms with van der Waals surface area (Å²) in [5.74, 6) is 0.168. The van der Waals surface area contributed by atoms with Gasteiger partial charge in [0, 0.05) is 17.0 Å². The molecule has 1 atom stereocenters. The number of carbonyl (C=O) groups is 2. The zero-order valence-corrected chi connectivity index (χ0v) is 15.5. The maximum atomic E-state index is 13.2. The molecule has 1 saturated heterocycles. The number of carbonyl (C=O) groups excluding carboxylic acids is 2. The fraction of sp³-hybridized carbons (Fsp3) is 0.278. The molecule has 0 bridgehead atoms. The van der Waals surface area contributed by atoms with E-state index in [0.29, 0.717) is 22.8 Å². The molecule has 8 nitrogen and oxygen atoms in total. The van der Waals surface area contributed by atoms with Crippen molar-refractivity contribution in [2.24, 2.45) is 5.73 Å². The highest BCUT2D eigenvalue weighted by atomic mass is 32.1. The molecule has 0 aliphatic carbocycles. The molecule has 138 valence electrons. The quantitative estimate of drug-likeness (QED) is 0.744. The highest BCUT2D eigenvalue weighted by molar-refractivity contribution is 7.14. The lowest BCUT2D eigenvalue weighted by atomic mass is 10.1. The van der Waals surface area contributed by atoms with Gasteiger partial charge in [-0.3, -0.25) is 9.59 Å². The molecular formula is C18H18N6O2S. The van der Waals surface area contributed by atoms with E-state index in [9.17, 15) is 9.59 Å².